The van der Waals surface area contributed by atoms with Gasteiger partial charge in [-0.25, -0.2) is 0 Å². The third-order valence-electron chi connectivity index (χ3n) is 5.55. The van der Waals surface area contributed by atoms with Gasteiger partial charge in [0.2, 0.25) is 0 Å². The first kappa shape index (κ1) is 10.2. The molecule has 4 aliphatic rings. The Morgan fingerprint density at radius 3 is 3.00 bits per heavy atom. The fourth-order valence-electron chi connectivity index (χ4n) is 4.76. The van der Waals surface area contributed by atoms with E-state index in [1.807, 2.05) is 0 Å². The summed E-state index contributed by atoms with van der Waals surface area (Å²) in [5, 5.41) is 0. The summed E-state index contributed by atoms with van der Waals surface area (Å²) in [6.45, 7) is 0. The molecule has 0 aromatic carbocycles. The molecule has 4 aliphatic carbocycles. The Hall–Kier alpha value is -0.780. The average Bonchev–Trinajstić information content (AvgIpc) is 2.86. The van der Waals surface area contributed by atoms with Gasteiger partial charge in [0.15, 0.2) is 0 Å². The largest absolute Gasteiger partial charge is 0.0810 e. The van der Waals surface area contributed by atoms with Crippen molar-refractivity contribution in [1.29, 1.82) is 0 Å². The Morgan fingerprint density at radius 1 is 1.00 bits per heavy atom. The zero-order valence-electron chi connectivity index (χ0n) is 10.6. The molecular weight excluding hydrogens is 204 g/mol. The van der Waals surface area contributed by atoms with Crippen molar-refractivity contribution in [2.45, 2.75) is 51.4 Å². The van der Waals surface area contributed by atoms with E-state index in [0.717, 1.165) is 17.8 Å². The Kier molecular flexibility index (Phi) is 2.31. The van der Waals surface area contributed by atoms with Crippen LogP contribution in [0, 0.1) is 17.8 Å². The van der Waals surface area contributed by atoms with Gasteiger partial charge < -0.3 is 0 Å². The molecule has 3 atom stereocenters. The first-order chi connectivity index (χ1) is 8.43. The quantitative estimate of drug-likeness (QED) is 0.557. The van der Waals surface area contributed by atoms with Gasteiger partial charge in [-0.15, -0.1) is 0 Å². The van der Waals surface area contributed by atoms with Crippen molar-refractivity contribution in [3.05, 3.63) is 34.9 Å². The van der Waals surface area contributed by atoms with Crippen molar-refractivity contribution in [1.82, 2.24) is 0 Å². The lowest BCUT2D eigenvalue weighted by molar-refractivity contribution is 0.301. The highest BCUT2D eigenvalue weighted by Crippen LogP contribution is 2.51. The highest BCUT2D eigenvalue weighted by atomic mass is 14.4. The number of fused-ring (bicyclic) bond motifs is 4. The monoisotopic (exact) mass is 226 g/mol. The van der Waals surface area contributed by atoms with E-state index in [4.69, 9.17) is 0 Å². The average molecular weight is 226 g/mol. The summed E-state index contributed by atoms with van der Waals surface area (Å²) in [5.74, 6) is 2.86. The van der Waals surface area contributed by atoms with E-state index in [1.54, 1.807) is 16.7 Å². The third-order valence-corrected chi connectivity index (χ3v) is 5.55. The highest BCUT2D eigenvalue weighted by Gasteiger charge is 2.39. The molecule has 17 heavy (non-hydrogen) atoms. The van der Waals surface area contributed by atoms with Crippen molar-refractivity contribution in [3.8, 4) is 0 Å². The van der Waals surface area contributed by atoms with Gasteiger partial charge in [-0.3, -0.25) is 0 Å². The van der Waals surface area contributed by atoms with Crippen LogP contribution in [0.3, 0.4) is 0 Å². The molecule has 0 N–H and O–H groups in total. The van der Waals surface area contributed by atoms with Gasteiger partial charge in [-0.1, -0.05) is 24.6 Å². The lowest BCUT2D eigenvalue weighted by Gasteiger charge is -2.39. The minimum Gasteiger partial charge on any atom is -0.0810 e. The van der Waals surface area contributed by atoms with Crippen LogP contribution in [0.5, 0.6) is 0 Å². The van der Waals surface area contributed by atoms with Crippen molar-refractivity contribution < 1.29 is 0 Å². The number of rotatable bonds is 0. The van der Waals surface area contributed by atoms with Gasteiger partial charge in [0.1, 0.15) is 0 Å². The van der Waals surface area contributed by atoms with Gasteiger partial charge in [0.25, 0.3) is 0 Å². The molecule has 0 bridgehead atoms. The summed E-state index contributed by atoms with van der Waals surface area (Å²) in [6.07, 6.45) is 18.9. The van der Waals surface area contributed by atoms with E-state index in [-0.39, 0.29) is 0 Å². The standard InChI is InChI=1S/C17H22/c1-2-6-14-12(4-1)8-10-17-15-7-3-5-13(15)9-11-16(14)17/h4,9,11,13,15,17H,1-3,5-8,10H2. The van der Waals surface area contributed by atoms with E-state index in [1.165, 1.54) is 51.4 Å². The molecule has 0 amide bonds. The SMILES string of the molecule is C1=CC2CCCC2C2CCC3=CCCCC3=C12. The van der Waals surface area contributed by atoms with Crippen LogP contribution in [0.25, 0.3) is 0 Å². The van der Waals surface area contributed by atoms with E-state index in [2.05, 4.69) is 18.2 Å². The van der Waals surface area contributed by atoms with Crippen LogP contribution in [0.4, 0.5) is 0 Å². The molecule has 1 saturated carbocycles. The Bertz CT molecular complexity index is 421. The van der Waals surface area contributed by atoms with Gasteiger partial charge in [0, 0.05) is 0 Å². The van der Waals surface area contributed by atoms with Crippen LogP contribution >= 0.6 is 0 Å². The molecular formula is C17H22. The molecule has 0 aromatic heterocycles. The lowest BCUT2D eigenvalue weighted by atomic mass is 9.66. The van der Waals surface area contributed by atoms with E-state index >= 15 is 0 Å². The molecule has 3 unspecified atom stereocenters. The molecule has 0 nitrogen and oxygen atoms in total. The van der Waals surface area contributed by atoms with E-state index in [9.17, 15) is 0 Å². The van der Waals surface area contributed by atoms with Crippen LogP contribution in [0.2, 0.25) is 0 Å². The molecule has 4 rings (SSSR count). The van der Waals surface area contributed by atoms with Crippen LogP contribution in [0.15, 0.2) is 34.9 Å². The second kappa shape index (κ2) is 3.86. The van der Waals surface area contributed by atoms with Gasteiger partial charge in [-0.2, -0.15) is 0 Å². The fraction of sp³-hybridized carbons (Fsp3) is 0.647. The minimum atomic E-state index is 0.928. The van der Waals surface area contributed by atoms with Crippen LogP contribution in [-0.4, -0.2) is 0 Å². The predicted octanol–water partition coefficient (Wildman–Crippen LogP) is 4.79. The predicted molar refractivity (Wildman–Crippen MR) is 71.7 cm³/mol. The summed E-state index contributed by atoms with van der Waals surface area (Å²) in [4.78, 5) is 0. The maximum atomic E-state index is 2.55. The molecule has 0 radical (unpaired) electrons. The molecule has 0 saturated heterocycles. The maximum absolute atomic E-state index is 2.55. The Balaban J connectivity index is 1.80. The lowest BCUT2D eigenvalue weighted by Crippen LogP contribution is -2.27. The summed E-state index contributed by atoms with van der Waals surface area (Å²) in [7, 11) is 0. The van der Waals surface area contributed by atoms with E-state index in [0.29, 0.717) is 0 Å². The second-order valence-electron chi connectivity index (χ2n) is 6.32. The normalized spacial score (nSPS) is 39.5. The van der Waals surface area contributed by atoms with Crippen LogP contribution < -0.4 is 0 Å². The van der Waals surface area contributed by atoms with E-state index < -0.39 is 0 Å². The summed E-state index contributed by atoms with van der Waals surface area (Å²) >= 11 is 0. The minimum absolute atomic E-state index is 0.928. The zero-order valence-corrected chi connectivity index (χ0v) is 10.6. The summed E-state index contributed by atoms with van der Waals surface area (Å²) in [6, 6.07) is 0. The maximum Gasteiger partial charge on any atom is -0.0122 e. The smallest absolute Gasteiger partial charge is 0.0122 e. The molecule has 0 aromatic rings. The molecule has 1 fully saturated rings. The van der Waals surface area contributed by atoms with Crippen molar-refractivity contribution >= 4 is 0 Å². The molecule has 90 valence electrons. The summed E-state index contributed by atoms with van der Waals surface area (Å²) < 4.78 is 0. The number of allylic oxidation sites excluding steroid dienone is 6. The third kappa shape index (κ3) is 1.49. The van der Waals surface area contributed by atoms with Gasteiger partial charge in [-0.05, 0) is 79.4 Å². The summed E-state index contributed by atoms with van der Waals surface area (Å²) in [5.41, 5.74) is 5.23. The zero-order chi connectivity index (χ0) is 11.2. The second-order valence-corrected chi connectivity index (χ2v) is 6.32. The topological polar surface area (TPSA) is 0 Å². The fourth-order valence-corrected chi connectivity index (χ4v) is 4.76. The molecule has 0 aliphatic heterocycles. The van der Waals surface area contributed by atoms with Crippen molar-refractivity contribution in [2.75, 3.05) is 0 Å². The molecule has 0 heteroatoms. The first-order valence-corrected chi connectivity index (χ1v) is 7.54. The number of hydrogen-bond acceptors (Lipinski definition) is 0. The van der Waals surface area contributed by atoms with Crippen molar-refractivity contribution in [2.24, 2.45) is 17.8 Å². The van der Waals surface area contributed by atoms with Gasteiger partial charge in [0.05, 0.1) is 0 Å². The van der Waals surface area contributed by atoms with Crippen LogP contribution in [0.1, 0.15) is 51.4 Å². The van der Waals surface area contributed by atoms with Crippen molar-refractivity contribution in [3.63, 3.8) is 0 Å². The van der Waals surface area contributed by atoms with Crippen LogP contribution in [-0.2, 0) is 0 Å². The first-order valence-electron chi connectivity index (χ1n) is 7.54. The Labute approximate surface area is 104 Å². The van der Waals surface area contributed by atoms with Gasteiger partial charge >= 0.3 is 0 Å². The molecule has 0 heterocycles. The number of hydrogen-bond donors (Lipinski definition) is 0. The molecule has 0 spiro atoms. The Morgan fingerprint density at radius 2 is 2.00 bits per heavy atom. The highest BCUT2D eigenvalue weighted by molar-refractivity contribution is 5.47.